The van der Waals surface area contributed by atoms with Crippen LogP contribution in [0.15, 0.2) is 16.8 Å². The van der Waals surface area contributed by atoms with E-state index in [1.165, 1.54) is 6.20 Å². The second-order valence-corrected chi connectivity index (χ2v) is 5.66. The molecule has 0 bridgehead atoms. The first-order valence-corrected chi connectivity index (χ1v) is 6.68. The molecule has 2 aliphatic heterocycles. The maximum absolute atomic E-state index is 11.7. The Morgan fingerprint density at radius 3 is 3.05 bits per heavy atom. The summed E-state index contributed by atoms with van der Waals surface area (Å²) in [5.74, 6) is 0.443. The van der Waals surface area contributed by atoms with Gasteiger partial charge in [-0.15, -0.1) is 0 Å². The molecule has 6 heteroatoms. The number of amides is 1. The molecule has 1 spiro atoms. The molecule has 6 nitrogen and oxygen atoms in total. The zero-order valence-electron chi connectivity index (χ0n) is 11.1. The molecule has 1 N–H and O–H groups in total. The number of carbonyl (C=O) groups is 1. The summed E-state index contributed by atoms with van der Waals surface area (Å²) in [5, 5.41) is 6.38. The van der Waals surface area contributed by atoms with Crippen molar-refractivity contribution in [1.82, 2.24) is 15.4 Å². The van der Waals surface area contributed by atoms with E-state index in [9.17, 15) is 4.79 Å². The highest BCUT2D eigenvalue weighted by Gasteiger charge is 2.44. The Kier molecular flexibility index (Phi) is 3.28. The Morgan fingerprint density at radius 2 is 2.47 bits per heavy atom. The smallest absolute Gasteiger partial charge is 0.289 e. The fraction of sp³-hybridized carbons (Fsp3) is 0.692. The van der Waals surface area contributed by atoms with Crippen LogP contribution in [-0.4, -0.2) is 54.9 Å². The van der Waals surface area contributed by atoms with Crippen LogP contribution in [-0.2, 0) is 4.74 Å². The van der Waals surface area contributed by atoms with Gasteiger partial charge in [-0.3, -0.25) is 4.79 Å². The molecule has 2 fully saturated rings. The van der Waals surface area contributed by atoms with E-state index in [2.05, 4.69) is 22.4 Å². The largest absolute Gasteiger partial charge is 0.372 e. The van der Waals surface area contributed by atoms with Gasteiger partial charge in [0.25, 0.3) is 5.91 Å². The average molecular weight is 265 g/mol. The molecule has 0 unspecified atom stereocenters. The monoisotopic (exact) mass is 265 g/mol. The summed E-state index contributed by atoms with van der Waals surface area (Å²) in [4.78, 5) is 14.0. The van der Waals surface area contributed by atoms with Gasteiger partial charge in [0.05, 0.1) is 18.4 Å². The third-order valence-electron chi connectivity index (χ3n) is 3.96. The van der Waals surface area contributed by atoms with Gasteiger partial charge in [0.1, 0.15) is 0 Å². The van der Waals surface area contributed by atoms with Gasteiger partial charge in [-0.1, -0.05) is 5.16 Å². The lowest BCUT2D eigenvalue weighted by Gasteiger charge is -2.51. The van der Waals surface area contributed by atoms with Crippen LogP contribution >= 0.6 is 0 Å². The third-order valence-corrected chi connectivity index (χ3v) is 3.96. The normalized spacial score (nSPS) is 26.1. The van der Waals surface area contributed by atoms with Gasteiger partial charge in [-0.05, 0) is 25.8 Å². The maximum atomic E-state index is 11.7. The summed E-state index contributed by atoms with van der Waals surface area (Å²) in [6.07, 6.45) is 3.65. The lowest BCUT2D eigenvalue weighted by Crippen LogP contribution is -2.63. The Labute approximate surface area is 112 Å². The van der Waals surface area contributed by atoms with Crippen molar-refractivity contribution >= 4 is 5.91 Å². The van der Waals surface area contributed by atoms with Crippen molar-refractivity contribution in [1.29, 1.82) is 0 Å². The predicted octanol–water partition coefficient (Wildman–Crippen LogP) is 0.515. The molecule has 104 valence electrons. The molecular weight excluding hydrogens is 246 g/mol. The minimum Gasteiger partial charge on any atom is -0.372 e. The van der Waals surface area contributed by atoms with Gasteiger partial charge in [-0.2, -0.15) is 0 Å². The van der Waals surface area contributed by atoms with Crippen LogP contribution < -0.4 is 5.32 Å². The Balaban J connectivity index is 1.42. The molecule has 0 aliphatic carbocycles. The first-order chi connectivity index (χ1) is 9.17. The van der Waals surface area contributed by atoms with Gasteiger partial charge < -0.3 is 19.5 Å². The van der Waals surface area contributed by atoms with E-state index in [-0.39, 0.29) is 17.3 Å². The van der Waals surface area contributed by atoms with Crippen molar-refractivity contribution in [2.24, 2.45) is 5.92 Å². The highest BCUT2D eigenvalue weighted by atomic mass is 16.5. The molecule has 2 aliphatic rings. The SMILES string of the molecule is CN1CC2(CC[C@@H](CNC(=O)c3ccno3)CO2)C1. The molecule has 0 saturated carbocycles. The highest BCUT2D eigenvalue weighted by Crippen LogP contribution is 2.34. The van der Waals surface area contributed by atoms with Crippen LogP contribution in [0, 0.1) is 5.92 Å². The van der Waals surface area contributed by atoms with Gasteiger partial charge >= 0.3 is 0 Å². The fourth-order valence-corrected chi connectivity index (χ4v) is 2.92. The number of nitrogens with zero attached hydrogens (tertiary/aromatic N) is 2. The number of likely N-dealkylation sites (tertiary alicyclic amines) is 1. The number of likely N-dealkylation sites (N-methyl/N-ethyl adjacent to an activating group) is 1. The van der Waals surface area contributed by atoms with Crippen LogP contribution in [0.25, 0.3) is 0 Å². The van der Waals surface area contributed by atoms with Crippen molar-refractivity contribution in [3.63, 3.8) is 0 Å². The van der Waals surface area contributed by atoms with E-state index >= 15 is 0 Å². The molecular formula is C13H19N3O3. The van der Waals surface area contributed by atoms with Crippen molar-refractivity contribution in [2.75, 3.05) is 33.3 Å². The molecule has 3 rings (SSSR count). The van der Waals surface area contributed by atoms with Crippen LogP contribution in [0.3, 0.4) is 0 Å². The van der Waals surface area contributed by atoms with E-state index < -0.39 is 0 Å². The number of nitrogens with one attached hydrogen (secondary N) is 1. The van der Waals surface area contributed by atoms with Crippen molar-refractivity contribution in [2.45, 2.75) is 18.4 Å². The maximum Gasteiger partial charge on any atom is 0.289 e. The first kappa shape index (κ1) is 12.6. The fourth-order valence-electron chi connectivity index (χ4n) is 2.92. The lowest BCUT2D eigenvalue weighted by atomic mass is 9.83. The first-order valence-electron chi connectivity index (χ1n) is 6.68. The minimum atomic E-state index is -0.207. The molecule has 1 atom stereocenters. The molecule has 0 radical (unpaired) electrons. The number of rotatable bonds is 3. The van der Waals surface area contributed by atoms with Crippen LogP contribution in [0.5, 0.6) is 0 Å². The van der Waals surface area contributed by atoms with E-state index in [1.807, 2.05) is 0 Å². The topological polar surface area (TPSA) is 67.6 Å². The molecule has 1 amide bonds. The number of carbonyl (C=O) groups excluding carboxylic acids is 1. The standard InChI is InChI=1S/C13H19N3O3/c1-16-8-13(9-16)4-2-10(7-18-13)6-14-12(17)11-3-5-15-19-11/h3,5,10H,2,4,6-9H2,1H3,(H,14,17)/t10-/m0/s1. The zero-order chi connectivity index (χ0) is 13.3. The second-order valence-electron chi connectivity index (χ2n) is 5.66. The van der Waals surface area contributed by atoms with Gasteiger partial charge in [0, 0.05) is 25.7 Å². The average Bonchev–Trinajstić information content (AvgIpc) is 2.90. The third kappa shape index (κ3) is 2.64. The lowest BCUT2D eigenvalue weighted by molar-refractivity contribution is -0.172. The number of ether oxygens (including phenoxy) is 1. The van der Waals surface area contributed by atoms with E-state index in [0.717, 1.165) is 32.5 Å². The molecule has 0 aromatic carbocycles. The van der Waals surface area contributed by atoms with Gasteiger partial charge in [0.2, 0.25) is 5.76 Å². The number of hydrogen-bond donors (Lipinski definition) is 1. The molecule has 3 heterocycles. The summed E-state index contributed by atoms with van der Waals surface area (Å²) in [7, 11) is 2.11. The van der Waals surface area contributed by atoms with Gasteiger partial charge in [0.15, 0.2) is 0 Å². The van der Waals surface area contributed by atoms with E-state index in [4.69, 9.17) is 9.26 Å². The summed E-state index contributed by atoms with van der Waals surface area (Å²) >= 11 is 0. The molecule has 2 saturated heterocycles. The second kappa shape index (κ2) is 4.94. The summed E-state index contributed by atoms with van der Waals surface area (Å²) in [6, 6.07) is 1.56. The molecule has 19 heavy (non-hydrogen) atoms. The Hall–Kier alpha value is -1.40. The van der Waals surface area contributed by atoms with E-state index in [1.54, 1.807) is 6.07 Å². The van der Waals surface area contributed by atoms with Gasteiger partial charge in [-0.25, -0.2) is 0 Å². The predicted molar refractivity (Wildman–Crippen MR) is 67.7 cm³/mol. The Morgan fingerprint density at radius 1 is 1.63 bits per heavy atom. The van der Waals surface area contributed by atoms with Crippen LogP contribution in [0.1, 0.15) is 23.4 Å². The van der Waals surface area contributed by atoms with Crippen molar-refractivity contribution in [3.05, 3.63) is 18.0 Å². The summed E-state index contributed by atoms with van der Waals surface area (Å²) < 4.78 is 10.8. The quantitative estimate of drug-likeness (QED) is 0.862. The van der Waals surface area contributed by atoms with Crippen LogP contribution in [0.4, 0.5) is 0 Å². The molecule has 1 aromatic heterocycles. The summed E-state index contributed by atoms with van der Waals surface area (Å²) in [6.45, 7) is 3.42. The minimum absolute atomic E-state index is 0.0974. The van der Waals surface area contributed by atoms with Crippen molar-refractivity contribution in [3.8, 4) is 0 Å². The number of hydrogen-bond acceptors (Lipinski definition) is 5. The number of aromatic nitrogens is 1. The van der Waals surface area contributed by atoms with Crippen LogP contribution in [0.2, 0.25) is 0 Å². The zero-order valence-corrected chi connectivity index (χ0v) is 11.1. The molecule has 1 aromatic rings. The Bertz CT molecular complexity index is 430. The van der Waals surface area contributed by atoms with E-state index in [0.29, 0.717) is 12.5 Å². The highest BCUT2D eigenvalue weighted by molar-refractivity contribution is 5.91. The van der Waals surface area contributed by atoms with Crippen molar-refractivity contribution < 1.29 is 14.1 Å². The summed E-state index contributed by atoms with van der Waals surface area (Å²) in [5.41, 5.74) is 0.0974.